The molecule has 4 heterocycles. The molecule has 11 nitrogen and oxygen atoms in total. The minimum absolute atomic E-state index is 0.138. The summed E-state index contributed by atoms with van der Waals surface area (Å²) in [4.78, 5) is 33.2. The van der Waals surface area contributed by atoms with Gasteiger partial charge >= 0.3 is 5.97 Å². The number of rotatable bonds is 9. The summed E-state index contributed by atoms with van der Waals surface area (Å²) >= 11 is 0. The highest BCUT2D eigenvalue weighted by Crippen LogP contribution is 2.24. The predicted molar refractivity (Wildman–Crippen MR) is 139 cm³/mol. The molecule has 5 aromatic rings. The van der Waals surface area contributed by atoms with Gasteiger partial charge in [0.2, 0.25) is 17.7 Å². The lowest BCUT2D eigenvalue weighted by molar-refractivity contribution is -0.148. The Bertz CT molecular complexity index is 1720. The number of ether oxygens (including phenoxy) is 1. The summed E-state index contributed by atoms with van der Waals surface area (Å²) in [5.41, 5.74) is 2.88. The van der Waals surface area contributed by atoms with Gasteiger partial charge in [-0.25, -0.2) is 9.37 Å². The maximum atomic E-state index is 14.0. The first-order chi connectivity index (χ1) is 19.7. The van der Waals surface area contributed by atoms with Gasteiger partial charge in [0.25, 0.3) is 0 Å². The van der Waals surface area contributed by atoms with Crippen molar-refractivity contribution >= 4 is 11.8 Å². The molecule has 0 N–H and O–H groups in total. The molecule has 0 amide bonds. The van der Waals surface area contributed by atoms with Crippen LogP contribution < -0.4 is 0 Å². The Hall–Kier alpha value is -5.20. The Balaban J connectivity index is 1.24. The number of nitrogens with zero attached hydrogens (tertiary/aromatic N) is 7. The van der Waals surface area contributed by atoms with E-state index in [1.54, 1.807) is 26.1 Å². The second-order valence-corrected chi connectivity index (χ2v) is 9.21. The average molecular weight is 560 g/mol. The lowest BCUT2D eigenvalue weighted by Crippen LogP contribution is -2.15. The number of hydrogen-bond acceptors (Lipinski definition) is 10. The largest absolute Gasteiger partial charge is 0.457 e. The summed E-state index contributed by atoms with van der Waals surface area (Å²) in [5.74, 6) is -1.65. The minimum Gasteiger partial charge on any atom is -0.457 e. The SMILES string of the molecule is Cc1nnc(-c2ccc(CC(=O)c3ccc(-c4nnn(C)c4CC(=O)O[C@H](C)c4cc(F)cnc4F)nc3)cc2)o1. The highest BCUT2D eigenvalue weighted by atomic mass is 19.1. The topological polar surface area (TPSA) is 139 Å². The van der Waals surface area contributed by atoms with E-state index in [1.165, 1.54) is 17.8 Å². The summed E-state index contributed by atoms with van der Waals surface area (Å²) in [6.07, 6.45) is 1.01. The number of ketones is 1. The number of pyridine rings is 2. The standard InChI is InChI=1S/C28H23F2N7O4/c1-15(21-11-20(29)14-32-27(21)30)40-25(39)12-23-26(34-36-37(23)3)22-9-8-19(13-31-22)24(38)10-17-4-6-18(7-5-17)28-35-33-16(2)41-28/h4-9,11,13-15H,10,12H2,1-3H3/t15-/m1/s1. The number of carbonyl (C=O) groups is 2. The third kappa shape index (κ3) is 6.19. The average Bonchev–Trinajstić information content (AvgIpc) is 3.55. The molecule has 0 saturated carbocycles. The van der Waals surface area contributed by atoms with Crippen LogP contribution in [0.4, 0.5) is 8.78 Å². The van der Waals surface area contributed by atoms with E-state index in [9.17, 15) is 18.4 Å². The molecule has 0 bridgehead atoms. The van der Waals surface area contributed by atoms with Crippen LogP contribution in [0.1, 0.15) is 46.1 Å². The van der Waals surface area contributed by atoms with E-state index in [-0.39, 0.29) is 24.2 Å². The first-order valence-corrected chi connectivity index (χ1v) is 12.5. The molecule has 13 heteroatoms. The van der Waals surface area contributed by atoms with Crippen LogP contribution in [-0.4, -0.2) is 46.9 Å². The van der Waals surface area contributed by atoms with Crippen molar-refractivity contribution < 1.29 is 27.5 Å². The Morgan fingerprint density at radius 1 is 1.00 bits per heavy atom. The van der Waals surface area contributed by atoms with Crippen LogP contribution in [0.15, 0.2) is 59.3 Å². The van der Waals surface area contributed by atoms with Crippen molar-refractivity contribution in [2.75, 3.05) is 0 Å². The van der Waals surface area contributed by atoms with E-state index >= 15 is 0 Å². The monoisotopic (exact) mass is 559 g/mol. The van der Waals surface area contributed by atoms with Crippen LogP contribution in [0.25, 0.3) is 22.8 Å². The molecule has 41 heavy (non-hydrogen) atoms. The van der Waals surface area contributed by atoms with Crippen molar-refractivity contribution in [2.45, 2.75) is 32.8 Å². The quantitative estimate of drug-likeness (QED) is 0.147. The van der Waals surface area contributed by atoms with Gasteiger partial charge in [-0.1, -0.05) is 17.3 Å². The Kier molecular flexibility index (Phi) is 7.68. The second kappa shape index (κ2) is 11.5. The van der Waals surface area contributed by atoms with Crippen molar-refractivity contribution in [3.8, 4) is 22.8 Å². The number of carbonyl (C=O) groups excluding carboxylic acids is 2. The van der Waals surface area contributed by atoms with Gasteiger partial charge in [-0.15, -0.1) is 15.3 Å². The number of Topliss-reactive ketones (excluding diaryl/α,β-unsaturated/α-hetero) is 1. The summed E-state index contributed by atoms with van der Waals surface area (Å²) in [7, 11) is 1.60. The predicted octanol–water partition coefficient (Wildman–Crippen LogP) is 4.18. The van der Waals surface area contributed by atoms with E-state index in [4.69, 9.17) is 9.15 Å². The van der Waals surface area contributed by atoms with Gasteiger partial charge in [0.15, 0.2) is 5.78 Å². The van der Waals surface area contributed by atoms with Crippen molar-refractivity contribution in [3.63, 3.8) is 0 Å². The maximum absolute atomic E-state index is 14.0. The van der Waals surface area contributed by atoms with Gasteiger partial charge in [-0.05, 0) is 42.8 Å². The number of esters is 1. The van der Waals surface area contributed by atoms with E-state index in [1.807, 2.05) is 24.3 Å². The molecule has 0 radical (unpaired) electrons. The first kappa shape index (κ1) is 27.4. The van der Waals surface area contributed by atoms with E-state index < -0.39 is 23.8 Å². The molecule has 0 aliphatic carbocycles. The number of aryl methyl sites for hydroxylation is 2. The molecule has 4 aromatic heterocycles. The molecule has 1 aromatic carbocycles. The third-order valence-electron chi connectivity index (χ3n) is 6.25. The molecule has 0 aliphatic rings. The van der Waals surface area contributed by atoms with Crippen molar-refractivity contribution in [3.05, 3.63) is 94.9 Å². The Morgan fingerprint density at radius 2 is 1.78 bits per heavy atom. The lowest BCUT2D eigenvalue weighted by Gasteiger charge is -2.14. The highest BCUT2D eigenvalue weighted by Gasteiger charge is 2.22. The van der Waals surface area contributed by atoms with Gasteiger partial charge in [-0.3, -0.25) is 19.3 Å². The fourth-order valence-corrected chi connectivity index (χ4v) is 4.10. The summed E-state index contributed by atoms with van der Waals surface area (Å²) < 4.78 is 39.6. The first-order valence-electron chi connectivity index (χ1n) is 12.5. The van der Waals surface area contributed by atoms with Gasteiger partial charge in [0.05, 0.1) is 29.6 Å². The molecule has 1 atom stereocenters. The summed E-state index contributed by atoms with van der Waals surface area (Å²) in [6, 6.07) is 11.4. The summed E-state index contributed by atoms with van der Waals surface area (Å²) in [6.45, 7) is 3.13. The van der Waals surface area contributed by atoms with Crippen molar-refractivity contribution in [1.29, 1.82) is 0 Å². The normalized spacial score (nSPS) is 11.8. The van der Waals surface area contributed by atoms with Crippen LogP contribution in [0.2, 0.25) is 0 Å². The number of halogens is 2. The molecule has 0 aliphatic heterocycles. The molecule has 0 fully saturated rings. The van der Waals surface area contributed by atoms with Gasteiger partial charge < -0.3 is 9.15 Å². The molecule has 0 spiro atoms. The molecule has 5 rings (SSSR count). The fourth-order valence-electron chi connectivity index (χ4n) is 4.10. The van der Waals surface area contributed by atoms with Crippen molar-refractivity contribution in [1.82, 2.24) is 35.2 Å². The van der Waals surface area contributed by atoms with Crippen LogP contribution in [0.5, 0.6) is 0 Å². The van der Waals surface area contributed by atoms with Crippen molar-refractivity contribution in [2.24, 2.45) is 7.05 Å². The molecule has 0 saturated heterocycles. The molecule has 0 unspecified atom stereocenters. The van der Waals surface area contributed by atoms with Crippen LogP contribution >= 0.6 is 0 Å². The Morgan fingerprint density at radius 3 is 2.46 bits per heavy atom. The zero-order valence-electron chi connectivity index (χ0n) is 22.2. The van der Waals surface area contributed by atoms with E-state index in [0.717, 1.165) is 23.4 Å². The Labute approximate surface area is 232 Å². The molecular weight excluding hydrogens is 536 g/mol. The summed E-state index contributed by atoms with van der Waals surface area (Å²) in [5, 5.41) is 15.9. The van der Waals surface area contributed by atoms with E-state index in [0.29, 0.717) is 34.4 Å². The maximum Gasteiger partial charge on any atom is 0.312 e. The van der Waals surface area contributed by atoms with E-state index in [2.05, 4.69) is 30.5 Å². The smallest absolute Gasteiger partial charge is 0.312 e. The van der Waals surface area contributed by atoms with Gasteiger partial charge in [0.1, 0.15) is 17.6 Å². The van der Waals surface area contributed by atoms with Crippen LogP contribution in [-0.2, 0) is 29.4 Å². The second-order valence-electron chi connectivity index (χ2n) is 9.21. The van der Waals surface area contributed by atoms with Gasteiger partial charge in [-0.2, -0.15) is 4.39 Å². The fraction of sp³-hybridized carbons (Fsp3) is 0.214. The highest BCUT2D eigenvalue weighted by molar-refractivity contribution is 5.97. The zero-order valence-corrected chi connectivity index (χ0v) is 22.2. The number of aromatic nitrogens is 7. The number of benzene rings is 1. The lowest BCUT2D eigenvalue weighted by atomic mass is 10.0. The van der Waals surface area contributed by atoms with Crippen LogP contribution in [0, 0.1) is 18.7 Å². The van der Waals surface area contributed by atoms with Gasteiger partial charge in [0, 0.05) is 37.7 Å². The molecule has 208 valence electrons. The molecular formula is C28H23F2N7O4. The zero-order chi connectivity index (χ0) is 29.1. The minimum atomic E-state index is -1.07. The number of hydrogen-bond donors (Lipinski definition) is 0. The van der Waals surface area contributed by atoms with Crippen LogP contribution in [0.3, 0.4) is 0 Å². The third-order valence-corrected chi connectivity index (χ3v) is 6.25.